The third-order valence-corrected chi connectivity index (χ3v) is 4.28. The Hall–Kier alpha value is -1.40. The average molecular weight is 363 g/mol. The van der Waals surface area contributed by atoms with Crippen molar-refractivity contribution in [1.82, 2.24) is 10.2 Å². The number of ether oxygens (including phenoxy) is 1. The van der Waals surface area contributed by atoms with Crippen LogP contribution < -0.4 is 10.1 Å². The maximum Gasteiger partial charge on any atom is 0.263 e. The van der Waals surface area contributed by atoms with E-state index in [9.17, 15) is 13.6 Å². The number of piperidine rings is 1. The number of amides is 1. The van der Waals surface area contributed by atoms with Crippen LogP contribution in [0.5, 0.6) is 5.75 Å². The zero-order valence-electron chi connectivity index (χ0n) is 14.1. The van der Waals surface area contributed by atoms with E-state index in [1.54, 1.807) is 11.8 Å². The molecule has 1 aliphatic heterocycles. The Kier molecular flexibility index (Phi) is 8.42. The van der Waals surface area contributed by atoms with E-state index in [4.69, 9.17) is 4.74 Å². The monoisotopic (exact) mass is 362 g/mol. The zero-order chi connectivity index (χ0) is 16.8. The molecule has 0 radical (unpaired) electrons. The molecule has 1 N–H and O–H groups in total. The summed E-state index contributed by atoms with van der Waals surface area (Å²) in [6.07, 6.45) is 2.39. The van der Waals surface area contributed by atoms with E-state index < -0.39 is 17.7 Å². The number of rotatable bonds is 6. The van der Waals surface area contributed by atoms with Gasteiger partial charge in [-0.3, -0.25) is 4.79 Å². The first-order valence-electron chi connectivity index (χ1n) is 8.06. The number of likely N-dealkylation sites (tertiary alicyclic amines) is 1. The molecule has 1 aromatic rings. The minimum Gasteiger partial charge on any atom is -0.481 e. The maximum absolute atomic E-state index is 13.2. The fourth-order valence-electron chi connectivity index (χ4n) is 2.85. The van der Waals surface area contributed by atoms with Gasteiger partial charge in [0.15, 0.2) is 17.7 Å². The van der Waals surface area contributed by atoms with Gasteiger partial charge in [0.25, 0.3) is 5.91 Å². The minimum atomic E-state index is -0.979. The summed E-state index contributed by atoms with van der Waals surface area (Å²) in [7, 11) is 1.94. The van der Waals surface area contributed by atoms with Crippen LogP contribution in [0.25, 0.3) is 0 Å². The fraction of sp³-hybridized carbons (Fsp3) is 0.588. The number of hydrogen-bond acceptors (Lipinski definition) is 3. The highest BCUT2D eigenvalue weighted by Gasteiger charge is 2.26. The van der Waals surface area contributed by atoms with Crippen molar-refractivity contribution >= 4 is 18.3 Å². The number of nitrogens with one attached hydrogen (secondary N) is 1. The second-order valence-corrected chi connectivity index (χ2v) is 6.00. The van der Waals surface area contributed by atoms with Crippen molar-refractivity contribution < 1.29 is 18.3 Å². The molecule has 1 atom stereocenters. The van der Waals surface area contributed by atoms with Crippen LogP contribution >= 0.6 is 12.4 Å². The van der Waals surface area contributed by atoms with Crippen molar-refractivity contribution in [3.05, 3.63) is 29.8 Å². The largest absolute Gasteiger partial charge is 0.481 e. The quantitative estimate of drug-likeness (QED) is 0.845. The van der Waals surface area contributed by atoms with Crippen molar-refractivity contribution in [2.45, 2.75) is 32.3 Å². The Bertz CT molecular complexity index is 537. The van der Waals surface area contributed by atoms with E-state index in [1.165, 1.54) is 6.07 Å². The SMILES string of the molecule is CNCCC1CCN(C(=O)C(C)Oc2ccc(F)c(F)c2)CC1.Cl. The fourth-order valence-corrected chi connectivity index (χ4v) is 2.85. The van der Waals surface area contributed by atoms with Gasteiger partial charge in [-0.2, -0.15) is 0 Å². The first-order valence-corrected chi connectivity index (χ1v) is 8.06. The molecule has 1 aromatic carbocycles. The van der Waals surface area contributed by atoms with Crippen molar-refractivity contribution in [2.24, 2.45) is 5.92 Å². The summed E-state index contributed by atoms with van der Waals surface area (Å²) >= 11 is 0. The minimum absolute atomic E-state index is 0. The number of halogens is 3. The van der Waals surface area contributed by atoms with E-state index in [-0.39, 0.29) is 24.1 Å². The Morgan fingerprint density at radius 2 is 2.00 bits per heavy atom. The number of hydrogen-bond donors (Lipinski definition) is 1. The van der Waals surface area contributed by atoms with Crippen molar-refractivity contribution in [1.29, 1.82) is 0 Å². The maximum atomic E-state index is 13.2. The Labute approximate surface area is 148 Å². The molecule has 7 heteroatoms. The first kappa shape index (κ1) is 20.6. The van der Waals surface area contributed by atoms with Gasteiger partial charge in [0.1, 0.15) is 5.75 Å². The van der Waals surface area contributed by atoms with Gasteiger partial charge in [0.05, 0.1) is 0 Å². The summed E-state index contributed by atoms with van der Waals surface area (Å²) in [6.45, 7) is 4.07. The van der Waals surface area contributed by atoms with E-state index in [2.05, 4.69) is 5.32 Å². The normalized spacial score (nSPS) is 16.4. The van der Waals surface area contributed by atoms with Gasteiger partial charge in [0, 0.05) is 19.2 Å². The molecule has 0 bridgehead atoms. The molecule has 4 nitrogen and oxygen atoms in total. The van der Waals surface area contributed by atoms with Crippen molar-refractivity contribution in [2.75, 3.05) is 26.7 Å². The smallest absolute Gasteiger partial charge is 0.263 e. The summed E-state index contributed by atoms with van der Waals surface area (Å²) in [4.78, 5) is 14.2. The van der Waals surface area contributed by atoms with Gasteiger partial charge in [-0.1, -0.05) is 0 Å². The van der Waals surface area contributed by atoms with E-state index in [0.29, 0.717) is 5.92 Å². The lowest BCUT2D eigenvalue weighted by molar-refractivity contribution is -0.139. The van der Waals surface area contributed by atoms with Gasteiger partial charge < -0.3 is 15.0 Å². The molecular weight excluding hydrogens is 338 g/mol. The number of nitrogens with zero attached hydrogens (tertiary/aromatic N) is 1. The second-order valence-electron chi connectivity index (χ2n) is 6.00. The number of benzene rings is 1. The molecule has 1 aliphatic rings. The van der Waals surface area contributed by atoms with Gasteiger partial charge in [0.2, 0.25) is 0 Å². The lowest BCUT2D eigenvalue weighted by Crippen LogP contribution is -2.45. The molecule has 1 heterocycles. The molecule has 0 aliphatic carbocycles. The van der Waals surface area contributed by atoms with Crippen molar-refractivity contribution in [3.8, 4) is 5.75 Å². The standard InChI is InChI=1S/C17H24F2N2O2.ClH/c1-12(23-14-3-4-15(18)16(19)11-14)17(22)21-9-6-13(7-10-21)5-8-20-2;/h3-4,11-13,20H,5-10H2,1-2H3;1H. The molecule has 24 heavy (non-hydrogen) atoms. The predicted octanol–water partition coefficient (Wildman–Crippen LogP) is 3.00. The molecular formula is C17H25ClF2N2O2. The Morgan fingerprint density at radius 1 is 1.33 bits per heavy atom. The van der Waals surface area contributed by atoms with Crippen LogP contribution in [-0.2, 0) is 4.79 Å². The third kappa shape index (κ3) is 5.60. The highest BCUT2D eigenvalue weighted by molar-refractivity contribution is 5.85. The molecule has 1 unspecified atom stereocenters. The van der Waals surface area contributed by atoms with Crippen LogP contribution in [0.2, 0.25) is 0 Å². The molecule has 1 amide bonds. The highest BCUT2D eigenvalue weighted by atomic mass is 35.5. The molecule has 136 valence electrons. The second kappa shape index (κ2) is 9.79. The summed E-state index contributed by atoms with van der Waals surface area (Å²) in [5, 5.41) is 3.15. The van der Waals surface area contributed by atoms with Crippen molar-refractivity contribution in [3.63, 3.8) is 0 Å². The van der Waals surface area contributed by atoms with Crippen LogP contribution in [0.4, 0.5) is 8.78 Å². The van der Waals surface area contributed by atoms with E-state index >= 15 is 0 Å². The molecule has 0 spiro atoms. The lowest BCUT2D eigenvalue weighted by Gasteiger charge is -2.33. The van der Waals surface area contributed by atoms with E-state index in [0.717, 1.165) is 51.0 Å². The zero-order valence-corrected chi connectivity index (χ0v) is 14.9. The first-order chi connectivity index (χ1) is 11.0. The van der Waals surface area contributed by atoms with Crippen LogP contribution in [0.3, 0.4) is 0 Å². The topological polar surface area (TPSA) is 41.6 Å². The van der Waals surface area contributed by atoms with Gasteiger partial charge >= 0.3 is 0 Å². The predicted molar refractivity (Wildman–Crippen MR) is 91.5 cm³/mol. The summed E-state index contributed by atoms with van der Waals surface area (Å²) in [6, 6.07) is 3.28. The summed E-state index contributed by atoms with van der Waals surface area (Å²) in [5.41, 5.74) is 0. The number of carbonyl (C=O) groups excluding carboxylic acids is 1. The van der Waals surface area contributed by atoms with Crippen LogP contribution in [0.15, 0.2) is 18.2 Å². The van der Waals surface area contributed by atoms with Gasteiger partial charge in [-0.05, 0) is 57.8 Å². The average Bonchev–Trinajstić information content (AvgIpc) is 2.56. The summed E-state index contributed by atoms with van der Waals surface area (Å²) in [5.74, 6) is -1.21. The number of carbonyl (C=O) groups is 1. The summed E-state index contributed by atoms with van der Waals surface area (Å²) < 4.78 is 31.5. The lowest BCUT2D eigenvalue weighted by atomic mass is 9.93. The molecule has 2 rings (SSSR count). The van der Waals surface area contributed by atoms with Gasteiger partial charge in [-0.15, -0.1) is 12.4 Å². The molecule has 1 saturated heterocycles. The van der Waals surface area contributed by atoms with Crippen LogP contribution in [0, 0.1) is 17.6 Å². The van der Waals surface area contributed by atoms with E-state index in [1.807, 2.05) is 7.05 Å². The van der Waals surface area contributed by atoms with Crippen LogP contribution in [-0.4, -0.2) is 43.6 Å². The molecule has 1 fully saturated rings. The van der Waals surface area contributed by atoms with Gasteiger partial charge in [-0.25, -0.2) is 8.78 Å². The molecule has 0 saturated carbocycles. The third-order valence-electron chi connectivity index (χ3n) is 4.28. The van der Waals surface area contributed by atoms with Crippen LogP contribution in [0.1, 0.15) is 26.2 Å². The Morgan fingerprint density at radius 3 is 2.58 bits per heavy atom. The Balaban J connectivity index is 0.00000288. The molecule has 0 aromatic heterocycles. The highest BCUT2D eigenvalue weighted by Crippen LogP contribution is 2.22.